The Kier molecular flexibility index (Phi) is 4.62. The van der Waals surface area contributed by atoms with Crippen molar-refractivity contribution in [2.45, 2.75) is 42.6 Å². The van der Waals surface area contributed by atoms with Crippen molar-refractivity contribution in [2.75, 3.05) is 5.75 Å². The Labute approximate surface area is 117 Å². The van der Waals surface area contributed by atoms with Crippen LogP contribution in [0.15, 0.2) is 18.2 Å². The SMILES string of the molecule is Cc1ccc(F)cc1C(N)C1CSC(C)C(C)S1. The van der Waals surface area contributed by atoms with E-state index in [1.807, 2.05) is 36.5 Å². The molecular formula is C14H20FNS2. The number of nitrogens with two attached hydrogens (primary N) is 1. The van der Waals surface area contributed by atoms with E-state index in [1.165, 1.54) is 6.07 Å². The van der Waals surface area contributed by atoms with E-state index in [0.29, 0.717) is 15.7 Å². The molecule has 0 aliphatic carbocycles. The van der Waals surface area contributed by atoms with Gasteiger partial charge in [0.25, 0.3) is 0 Å². The van der Waals surface area contributed by atoms with Crippen LogP contribution >= 0.6 is 23.5 Å². The van der Waals surface area contributed by atoms with Crippen LogP contribution in [0.5, 0.6) is 0 Å². The molecule has 1 nitrogen and oxygen atoms in total. The molecule has 4 heteroatoms. The first-order valence-electron chi connectivity index (χ1n) is 6.27. The molecule has 0 aromatic heterocycles. The first kappa shape index (κ1) is 14.2. The minimum atomic E-state index is -0.194. The topological polar surface area (TPSA) is 26.0 Å². The smallest absolute Gasteiger partial charge is 0.123 e. The minimum absolute atomic E-state index is 0.0758. The lowest BCUT2D eigenvalue weighted by atomic mass is 9.99. The number of benzene rings is 1. The van der Waals surface area contributed by atoms with Gasteiger partial charge in [0.15, 0.2) is 0 Å². The predicted molar refractivity (Wildman–Crippen MR) is 80.8 cm³/mol. The third-order valence-corrected chi connectivity index (χ3v) is 7.09. The van der Waals surface area contributed by atoms with Crippen molar-refractivity contribution in [3.8, 4) is 0 Å². The van der Waals surface area contributed by atoms with Crippen LogP contribution in [0.25, 0.3) is 0 Å². The van der Waals surface area contributed by atoms with Crippen LogP contribution in [0, 0.1) is 12.7 Å². The van der Waals surface area contributed by atoms with E-state index in [4.69, 9.17) is 5.73 Å². The summed E-state index contributed by atoms with van der Waals surface area (Å²) >= 11 is 3.92. The standard InChI is InChI=1S/C14H20FNS2/c1-8-4-5-11(15)6-12(8)14(16)13-7-17-9(2)10(3)18-13/h4-6,9-10,13-14H,7,16H2,1-3H3. The summed E-state index contributed by atoms with van der Waals surface area (Å²) < 4.78 is 13.3. The number of aryl methyl sites for hydroxylation is 1. The molecule has 4 atom stereocenters. The van der Waals surface area contributed by atoms with Crippen LogP contribution in [0.4, 0.5) is 4.39 Å². The van der Waals surface area contributed by atoms with Crippen LogP contribution in [0.3, 0.4) is 0 Å². The van der Waals surface area contributed by atoms with E-state index < -0.39 is 0 Å². The molecule has 1 fully saturated rings. The highest BCUT2D eigenvalue weighted by Gasteiger charge is 2.30. The largest absolute Gasteiger partial charge is 0.323 e. The number of hydrogen-bond donors (Lipinski definition) is 1. The normalized spacial score (nSPS) is 30.2. The summed E-state index contributed by atoms with van der Waals surface area (Å²) in [5, 5.41) is 1.66. The molecule has 18 heavy (non-hydrogen) atoms. The van der Waals surface area contributed by atoms with Gasteiger partial charge in [-0.1, -0.05) is 19.9 Å². The van der Waals surface area contributed by atoms with Gasteiger partial charge in [-0.2, -0.15) is 23.5 Å². The zero-order valence-electron chi connectivity index (χ0n) is 11.0. The lowest BCUT2D eigenvalue weighted by Gasteiger charge is -2.35. The zero-order valence-corrected chi connectivity index (χ0v) is 12.7. The molecule has 0 bridgehead atoms. The Bertz CT molecular complexity index is 424. The molecule has 1 aliphatic rings. The van der Waals surface area contributed by atoms with Crippen LogP contribution in [-0.2, 0) is 0 Å². The van der Waals surface area contributed by atoms with E-state index in [1.54, 1.807) is 6.07 Å². The van der Waals surface area contributed by atoms with Crippen LogP contribution < -0.4 is 5.73 Å². The van der Waals surface area contributed by atoms with E-state index in [0.717, 1.165) is 16.9 Å². The fourth-order valence-electron chi connectivity index (χ4n) is 2.17. The van der Waals surface area contributed by atoms with Gasteiger partial charge in [0.1, 0.15) is 5.82 Å². The Hall–Kier alpha value is -0.190. The molecule has 1 saturated heterocycles. The second kappa shape index (κ2) is 5.85. The maximum atomic E-state index is 13.3. The molecule has 1 heterocycles. The molecule has 1 aromatic rings. The fraction of sp³-hybridized carbons (Fsp3) is 0.571. The van der Waals surface area contributed by atoms with E-state index in [-0.39, 0.29) is 11.9 Å². The first-order valence-corrected chi connectivity index (χ1v) is 8.27. The molecule has 0 saturated carbocycles. The van der Waals surface area contributed by atoms with Crippen molar-refractivity contribution in [1.29, 1.82) is 0 Å². The highest BCUT2D eigenvalue weighted by molar-refractivity contribution is 8.07. The lowest BCUT2D eigenvalue weighted by molar-refractivity contribution is 0.616. The quantitative estimate of drug-likeness (QED) is 0.896. The van der Waals surface area contributed by atoms with Gasteiger partial charge in [-0.05, 0) is 30.2 Å². The third-order valence-electron chi connectivity index (χ3n) is 3.57. The molecule has 100 valence electrons. The number of thioether (sulfide) groups is 2. The molecule has 1 aliphatic heterocycles. The first-order chi connectivity index (χ1) is 8.49. The van der Waals surface area contributed by atoms with Crippen molar-refractivity contribution in [3.63, 3.8) is 0 Å². The second-order valence-electron chi connectivity index (χ2n) is 4.94. The average Bonchev–Trinajstić information content (AvgIpc) is 2.35. The molecule has 0 spiro atoms. The number of halogens is 1. The average molecular weight is 285 g/mol. The van der Waals surface area contributed by atoms with Crippen molar-refractivity contribution in [1.82, 2.24) is 0 Å². The Morgan fingerprint density at radius 2 is 2.06 bits per heavy atom. The molecule has 1 aromatic carbocycles. The summed E-state index contributed by atoms with van der Waals surface area (Å²) in [6.45, 7) is 6.51. The summed E-state index contributed by atoms with van der Waals surface area (Å²) in [6.07, 6.45) is 0. The summed E-state index contributed by atoms with van der Waals surface area (Å²) in [5.41, 5.74) is 8.38. The molecule has 4 unspecified atom stereocenters. The van der Waals surface area contributed by atoms with Gasteiger partial charge in [-0.15, -0.1) is 0 Å². The molecule has 0 radical (unpaired) electrons. The summed E-state index contributed by atoms with van der Waals surface area (Å²) in [5.74, 6) is 0.855. The monoisotopic (exact) mass is 285 g/mol. The van der Waals surface area contributed by atoms with Gasteiger partial charge in [0, 0.05) is 27.5 Å². The number of hydrogen-bond acceptors (Lipinski definition) is 3. The fourth-order valence-corrected chi connectivity index (χ4v) is 5.21. The van der Waals surface area contributed by atoms with Crippen molar-refractivity contribution in [2.24, 2.45) is 5.73 Å². The van der Waals surface area contributed by atoms with E-state index in [9.17, 15) is 4.39 Å². The van der Waals surface area contributed by atoms with Crippen molar-refractivity contribution >= 4 is 23.5 Å². The maximum Gasteiger partial charge on any atom is 0.123 e. The highest BCUT2D eigenvalue weighted by atomic mass is 32.2. The Morgan fingerprint density at radius 1 is 1.33 bits per heavy atom. The summed E-state index contributed by atoms with van der Waals surface area (Å²) in [7, 11) is 0. The van der Waals surface area contributed by atoms with Gasteiger partial charge in [-0.25, -0.2) is 4.39 Å². The summed E-state index contributed by atoms with van der Waals surface area (Å²) in [4.78, 5) is 0. The van der Waals surface area contributed by atoms with Gasteiger partial charge in [0.2, 0.25) is 0 Å². The summed E-state index contributed by atoms with van der Waals surface area (Å²) in [6, 6.07) is 4.83. The Balaban J connectivity index is 2.16. The molecule has 2 N–H and O–H groups in total. The van der Waals surface area contributed by atoms with Crippen molar-refractivity contribution < 1.29 is 4.39 Å². The van der Waals surface area contributed by atoms with Gasteiger partial charge < -0.3 is 5.73 Å². The third kappa shape index (κ3) is 3.03. The van der Waals surface area contributed by atoms with Gasteiger partial charge in [0.05, 0.1) is 0 Å². The van der Waals surface area contributed by atoms with E-state index >= 15 is 0 Å². The predicted octanol–water partition coefficient (Wildman–Crippen LogP) is 3.76. The van der Waals surface area contributed by atoms with Gasteiger partial charge in [-0.3, -0.25) is 0 Å². The van der Waals surface area contributed by atoms with Crippen LogP contribution in [0.2, 0.25) is 0 Å². The minimum Gasteiger partial charge on any atom is -0.323 e. The van der Waals surface area contributed by atoms with E-state index in [2.05, 4.69) is 13.8 Å². The second-order valence-corrected chi connectivity index (χ2v) is 7.98. The highest BCUT2D eigenvalue weighted by Crippen LogP contribution is 2.40. The zero-order chi connectivity index (χ0) is 13.3. The number of rotatable bonds is 2. The molecular weight excluding hydrogens is 265 g/mol. The molecule has 2 rings (SSSR count). The Morgan fingerprint density at radius 3 is 2.72 bits per heavy atom. The van der Waals surface area contributed by atoms with Gasteiger partial charge >= 0.3 is 0 Å². The van der Waals surface area contributed by atoms with Crippen LogP contribution in [0.1, 0.15) is 31.0 Å². The molecule has 0 amide bonds. The van der Waals surface area contributed by atoms with Crippen molar-refractivity contribution in [3.05, 3.63) is 35.1 Å². The van der Waals surface area contributed by atoms with Crippen LogP contribution in [-0.4, -0.2) is 21.5 Å². The lowest BCUT2D eigenvalue weighted by Crippen LogP contribution is -2.34. The maximum absolute atomic E-state index is 13.3.